The average Bonchev–Trinajstić information content (AvgIpc) is 3.34. The Morgan fingerprint density at radius 3 is 2.51 bits per heavy atom. The van der Waals surface area contributed by atoms with Gasteiger partial charge in [-0.15, -0.1) is 0 Å². The molecule has 1 aliphatic heterocycles. The molecule has 0 N–H and O–H groups in total. The third-order valence-corrected chi connectivity index (χ3v) is 7.79. The van der Waals surface area contributed by atoms with Crippen LogP contribution in [0.4, 0.5) is 5.13 Å². The molecule has 35 heavy (non-hydrogen) atoms. The number of aromatic nitrogens is 1. The van der Waals surface area contributed by atoms with E-state index in [2.05, 4.69) is 20.9 Å². The van der Waals surface area contributed by atoms with Crippen LogP contribution in [-0.2, 0) is 4.74 Å². The number of nitrogens with zero attached hydrogens (tertiary/aromatic N) is 2. The Kier molecular flexibility index (Phi) is 5.85. The molecular formula is C26H21BrN2O5S. The van der Waals surface area contributed by atoms with Crippen LogP contribution in [0.1, 0.15) is 61.1 Å². The van der Waals surface area contributed by atoms with Gasteiger partial charge in [0, 0.05) is 4.47 Å². The zero-order valence-electron chi connectivity index (χ0n) is 19.5. The predicted octanol–water partition coefficient (Wildman–Crippen LogP) is 5.86. The first-order chi connectivity index (χ1) is 16.7. The maximum absolute atomic E-state index is 13.8. The van der Waals surface area contributed by atoms with Gasteiger partial charge in [-0.3, -0.25) is 14.5 Å². The fourth-order valence-corrected chi connectivity index (χ4v) is 5.51. The number of amides is 1. The Balaban J connectivity index is 1.76. The van der Waals surface area contributed by atoms with Crippen molar-refractivity contribution in [3.8, 4) is 0 Å². The number of rotatable bonds is 4. The molecule has 0 radical (unpaired) electrons. The van der Waals surface area contributed by atoms with Gasteiger partial charge in [-0.1, -0.05) is 39.4 Å². The molecule has 0 fully saturated rings. The minimum atomic E-state index is -0.756. The molecule has 0 spiro atoms. The lowest BCUT2D eigenvalue weighted by molar-refractivity contribution is 0.0531. The highest BCUT2D eigenvalue weighted by Crippen LogP contribution is 2.43. The number of carbonyl (C=O) groups excluding carboxylic acids is 2. The van der Waals surface area contributed by atoms with Crippen molar-refractivity contribution in [2.45, 2.75) is 33.7 Å². The van der Waals surface area contributed by atoms with E-state index >= 15 is 0 Å². The second-order valence-electron chi connectivity index (χ2n) is 8.37. The molecule has 0 saturated carbocycles. The van der Waals surface area contributed by atoms with Crippen molar-refractivity contribution in [3.05, 3.63) is 89.7 Å². The number of ether oxygens (including phenoxy) is 1. The molecule has 178 valence electrons. The SMILES string of the molecule is CCOC(=O)c1sc(N2C(=O)c3oc4cc(C)c(C)cc4c(=O)c3C2c2ccc(Br)cc2)nc1C. The molecule has 1 atom stereocenters. The fraction of sp³-hybridized carbons (Fsp3) is 0.231. The molecular weight excluding hydrogens is 532 g/mol. The molecule has 2 aromatic carbocycles. The van der Waals surface area contributed by atoms with Crippen molar-refractivity contribution in [1.29, 1.82) is 0 Å². The summed E-state index contributed by atoms with van der Waals surface area (Å²) in [5.41, 5.74) is 3.47. The molecule has 1 aliphatic rings. The van der Waals surface area contributed by atoms with Crippen molar-refractivity contribution in [1.82, 2.24) is 4.98 Å². The van der Waals surface area contributed by atoms with Gasteiger partial charge in [0.15, 0.2) is 10.6 Å². The molecule has 4 aromatic rings. The zero-order valence-corrected chi connectivity index (χ0v) is 21.9. The Morgan fingerprint density at radius 1 is 1.14 bits per heavy atom. The number of carbonyl (C=O) groups is 2. The van der Waals surface area contributed by atoms with Gasteiger partial charge in [0.1, 0.15) is 10.5 Å². The topological polar surface area (TPSA) is 89.7 Å². The van der Waals surface area contributed by atoms with Crippen LogP contribution in [0.2, 0.25) is 0 Å². The summed E-state index contributed by atoms with van der Waals surface area (Å²) in [4.78, 5) is 46.2. The molecule has 5 rings (SSSR count). The standard InChI is InChI=1S/C26H21BrN2O5S/c1-5-33-25(32)23-14(4)28-26(35-23)29-20(15-6-8-16(27)9-7-15)19-21(30)17-10-12(2)13(3)11-18(17)34-22(19)24(29)31/h6-11,20H,5H2,1-4H3. The number of benzene rings is 2. The number of esters is 1. The first kappa shape index (κ1) is 23.4. The molecule has 0 bridgehead atoms. The summed E-state index contributed by atoms with van der Waals surface area (Å²) in [6.07, 6.45) is 0. The van der Waals surface area contributed by atoms with Crippen LogP contribution < -0.4 is 10.3 Å². The van der Waals surface area contributed by atoms with E-state index in [0.29, 0.717) is 26.7 Å². The number of hydrogen-bond acceptors (Lipinski definition) is 7. The van der Waals surface area contributed by atoms with Gasteiger partial charge in [-0.2, -0.15) is 0 Å². The summed E-state index contributed by atoms with van der Waals surface area (Å²) >= 11 is 4.50. The number of anilines is 1. The van der Waals surface area contributed by atoms with Gasteiger partial charge < -0.3 is 9.15 Å². The van der Waals surface area contributed by atoms with Gasteiger partial charge in [0.25, 0.3) is 5.91 Å². The Morgan fingerprint density at radius 2 is 1.83 bits per heavy atom. The van der Waals surface area contributed by atoms with Crippen LogP contribution in [0.5, 0.6) is 0 Å². The molecule has 1 amide bonds. The number of fused-ring (bicyclic) bond motifs is 2. The van der Waals surface area contributed by atoms with E-state index in [1.54, 1.807) is 26.0 Å². The Labute approximate surface area is 213 Å². The van der Waals surface area contributed by atoms with E-state index in [0.717, 1.165) is 32.5 Å². The van der Waals surface area contributed by atoms with Gasteiger partial charge in [0.2, 0.25) is 5.76 Å². The fourth-order valence-electron chi connectivity index (χ4n) is 4.26. The zero-order chi connectivity index (χ0) is 25.0. The summed E-state index contributed by atoms with van der Waals surface area (Å²) in [5.74, 6) is -0.984. The first-order valence-corrected chi connectivity index (χ1v) is 12.6. The molecule has 3 heterocycles. The van der Waals surface area contributed by atoms with Gasteiger partial charge >= 0.3 is 5.97 Å². The second-order valence-corrected chi connectivity index (χ2v) is 10.3. The average molecular weight is 553 g/mol. The maximum Gasteiger partial charge on any atom is 0.350 e. The normalized spacial score (nSPS) is 15.1. The number of aryl methyl sites for hydroxylation is 3. The van der Waals surface area contributed by atoms with Crippen LogP contribution in [0, 0.1) is 20.8 Å². The Hall–Kier alpha value is -3.30. The van der Waals surface area contributed by atoms with Gasteiger partial charge in [-0.05, 0) is 68.7 Å². The largest absolute Gasteiger partial charge is 0.462 e. The van der Waals surface area contributed by atoms with Crippen molar-refractivity contribution in [2.24, 2.45) is 0 Å². The van der Waals surface area contributed by atoms with E-state index in [1.807, 2.05) is 38.1 Å². The summed E-state index contributed by atoms with van der Waals surface area (Å²) in [6.45, 7) is 7.50. The van der Waals surface area contributed by atoms with Gasteiger partial charge in [0.05, 0.1) is 29.3 Å². The lowest BCUT2D eigenvalue weighted by atomic mass is 9.98. The summed E-state index contributed by atoms with van der Waals surface area (Å²) in [7, 11) is 0. The second kappa shape index (κ2) is 8.73. The monoisotopic (exact) mass is 552 g/mol. The lowest BCUT2D eigenvalue weighted by Gasteiger charge is -2.22. The minimum Gasteiger partial charge on any atom is -0.462 e. The third-order valence-electron chi connectivity index (χ3n) is 6.12. The highest BCUT2D eigenvalue weighted by molar-refractivity contribution is 9.10. The molecule has 0 saturated heterocycles. The quantitative estimate of drug-likeness (QED) is 0.294. The third kappa shape index (κ3) is 3.79. The summed E-state index contributed by atoms with van der Waals surface area (Å²) in [6, 6.07) is 10.2. The molecule has 0 aliphatic carbocycles. The van der Waals surface area contributed by atoms with Crippen LogP contribution in [0.3, 0.4) is 0 Å². The van der Waals surface area contributed by atoms with E-state index in [4.69, 9.17) is 9.15 Å². The number of halogens is 1. The van der Waals surface area contributed by atoms with Crippen molar-refractivity contribution >= 4 is 55.2 Å². The smallest absolute Gasteiger partial charge is 0.350 e. The van der Waals surface area contributed by atoms with E-state index in [1.165, 1.54) is 4.90 Å². The summed E-state index contributed by atoms with van der Waals surface area (Å²) in [5, 5.41) is 0.719. The van der Waals surface area contributed by atoms with Crippen molar-refractivity contribution in [2.75, 3.05) is 11.5 Å². The first-order valence-electron chi connectivity index (χ1n) is 11.0. The Bertz CT molecular complexity index is 1570. The molecule has 7 nitrogen and oxygen atoms in total. The minimum absolute atomic E-state index is 0.00999. The van der Waals surface area contributed by atoms with Gasteiger partial charge in [-0.25, -0.2) is 9.78 Å². The van der Waals surface area contributed by atoms with Crippen molar-refractivity contribution in [3.63, 3.8) is 0 Å². The summed E-state index contributed by atoms with van der Waals surface area (Å²) < 4.78 is 12.1. The highest BCUT2D eigenvalue weighted by Gasteiger charge is 2.45. The number of thiazole rings is 1. The highest BCUT2D eigenvalue weighted by atomic mass is 79.9. The number of hydrogen-bond donors (Lipinski definition) is 0. The van der Waals surface area contributed by atoms with Crippen molar-refractivity contribution < 1.29 is 18.7 Å². The molecule has 2 aromatic heterocycles. The van der Waals surface area contributed by atoms with E-state index < -0.39 is 17.9 Å². The lowest BCUT2D eigenvalue weighted by Crippen LogP contribution is -2.29. The van der Waals surface area contributed by atoms with Crippen LogP contribution in [-0.4, -0.2) is 23.5 Å². The molecule has 9 heteroatoms. The van der Waals surface area contributed by atoms with Crippen LogP contribution >= 0.6 is 27.3 Å². The predicted molar refractivity (Wildman–Crippen MR) is 138 cm³/mol. The van der Waals surface area contributed by atoms with E-state index in [-0.39, 0.29) is 23.4 Å². The van der Waals surface area contributed by atoms with Crippen LogP contribution in [0.25, 0.3) is 11.0 Å². The maximum atomic E-state index is 13.8. The van der Waals surface area contributed by atoms with Crippen LogP contribution in [0.15, 0.2) is 50.1 Å². The van der Waals surface area contributed by atoms with E-state index in [9.17, 15) is 14.4 Å². The molecule has 1 unspecified atom stereocenters.